The van der Waals surface area contributed by atoms with Crippen LogP contribution in [0.3, 0.4) is 0 Å². The molecule has 1 aromatic heterocycles. The molecule has 2 aromatic rings. The fourth-order valence-corrected chi connectivity index (χ4v) is 3.34. The van der Waals surface area contributed by atoms with E-state index in [1.165, 1.54) is 4.90 Å². The molecule has 0 spiro atoms. The van der Waals surface area contributed by atoms with Crippen molar-refractivity contribution in [3.05, 3.63) is 44.2 Å². The highest BCUT2D eigenvalue weighted by Gasteiger charge is 2.22. The maximum Gasteiger partial charge on any atom is 0.201 e. The fourth-order valence-electron chi connectivity index (χ4n) is 2.80. The second-order valence-corrected chi connectivity index (χ2v) is 6.58. The SMILES string of the molecule is C[NH+]1CC[NH+](Cc2coc3c(Cl)cc(Cl)cc3c2=O)CC1. The quantitative estimate of drug-likeness (QED) is 0.815. The van der Waals surface area contributed by atoms with E-state index in [4.69, 9.17) is 27.6 Å². The van der Waals surface area contributed by atoms with Crippen molar-refractivity contribution in [3.63, 3.8) is 0 Å². The third-order valence-electron chi connectivity index (χ3n) is 4.11. The molecule has 0 radical (unpaired) electrons. The van der Waals surface area contributed by atoms with E-state index >= 15 is 0 Å². The lowest BCUT2D eigenvalue weighted by molar-refractivity contribution is -1.01. The van der Waals surface area contributed by atoms with Crippen molar-refractivity contribution in [2.45, 2.75) is 6.54 Å². The first-order valence-corrected chi connectivity index (χ1v) is 7.84. The van der Waals surface area contributed by atoms with Crippen molar-refractivity contribution in [2.75, 3.05) is 33.2 Å². The number of halogens is 2. The Morgan fingerprint density at radius 2 is 1.90 bits per heavy atom. The molecule has 2 heterocycles. The summed E-state index contributed by atoms with van der Waals surface area (Å²) in [5, 5.41) is 1.29. The standard InChI is InChI=1S/C15H16Cl2N2O2/c1-18-2-4-19(5-3-18)8-10-9-21-15-12(14(10)20)6-11(16)7-13(15)17/h6-7,9H,2-5,8H2,1H3/p+2. The zero-order valence-electron chi connectivity index (χ0n) is 11.8. The van der Waals surface area contributed by atoms with Crippen LogP contribution in [0.2, 0.25) is 10.0 Å². The van der Waals surface area contributed by atoms with Gasteiger partial charge in [0.1, 0.15) is 39.0 Å². The number of benzene rings is 1. The summed E-state index contributed by atoms with van der Waals surface area (Å²) in [5.41, 5.74) is 1.07. The number of hydrogen-bond donors (Lipinski definition) is 2. The van der Waals surface area contributed by atoms with Gasteiger partial charge in [0.2, 0.25) is 5.43 Å². The molecule has 21 heavy (non-hydrogen) atoms. The van der Waals surface area contributed by atoms with Gasteiger partial charge < -0.3 is 14.2 Å². The zero-order chi connectivity index (χ0) is 15.0. The highest BCUT2D eigenvalue weighted by Crippen LogP contribution is 2.26. The monoisotopic (exact) mass is 328 g/mol. The zero-order valence-corrected chi connectivity index (χ0v) is 13.4. The summed E-state index contributed by atoms with van der Waals surface area (Å²) in [7, 11) is 2.20. The van der Waals surface area contributed by atoms with Gasteiger partial charge in [-0.25, -0.2) is 0 Å². The van der Waals surface area contributed by atoms with Gasteiger partial charge in [0.15, 0.2) is 5.58 Å². The number of quaternary nitrogens is 2. The second-order valence-electron chi connectivity index (χ2n) is 5.74. The van der Waals surface area contributed by atoms with Crippen LogP contribution in [-0.2, 0) is 6.54 Å². The van der Waals surface area contributed by atoms with Crippen LogP contribution in [0, 0.1) is 0 Å². The summed E-state index contributed by atoms with van der Waals surface area (Å²) in [6.45, 7) is 5.09. The number of likely N-dealkylation sites (N-methyl/N-ethyl adjacent to an activating group) is 1. The third-order valence-corrected chi connectivity index (χ3v) is 4.61. The van der Waals surface area contributed by atoms with Crippen LogP contribution < -0.4 is 15.2 Å². The van der Waals surface area contributed by atoms with Crippen LogP contribution in [0.25, 0.3) is 11.0 Å². The first kappa shape index (κ1) is 14.9. The van der Waals surface area contributed by atoms with E-state index in [0.717, 1.165) is 26.2 Å². The molecule has 1 aromatic carbocycles. The molecule has 1 saturated heterocycles. The van der Waals surface area contributed by atoms with E-state index in [-0.39, 0.29) is 5.43 Å². The van der Waals surface area contributed by atoms with E-state index in [0.29, 0.717) is 33.1 Å². The molecule has 0 aliphatic carbocycles. The highest BCUT2D eigenvalue weighted by atomic mass is 35.5. The minimum Gasteiger partial charge on any atom is -0.462 e. The predicted octanol–water partition coefficient (Wildman–Crippen LogP) is 0.0130. The van der Waals surface area contributed by atoms with E-state index in [1.54, 1.807) is 23.3 Å². The van der Waals surface area contributed by atoms with Crippen LogP contribution in [0.4, 0.5) is 0 Å². The molecule has 0 bridgehead atoms. The maximum atomic E-state index is 12.6. The third kappa shape index (κ3) is 3.09. The number of hydrogen-bond acceptors (Lipinski definition) is 2. The highest BCUT2D eigenvalue weighted by molar-refractivity contribution is 6.38. The van der Waals surface area contributed by atoms with E-state index in [2.05, 4.69) is 7.05 Å². The van der Waals surface area contributed by atoms with Crippen molar-refractivity contribution in [3.8, 4) is 0 Å². The van der Waals surface area contributed by atoms with Gasteiger partial charge in [0.25, 0.3) is 0 Å². The molecule has 4 nitrogen and oxygen atoms in total. The summed E-state index contributed by atoms with van der Waals surface area (Å²) in [5.74, 6) is 0. The Balaban J connectivity index is 1.93. The maximum absolute atomic E-state index is 12.6. The molecule has 0 unspecified atom stereocenters. The number of nitrogens with one attached hydrogen (secondary N) is 2. The normalized spacial score (nSPS) is 22.6. The Morgan fingerprint density at radius 1 is 1.19 bits per heavy atom. The topological polar surface area (TPSA) is 39.1 Å². The molecule has 1 aliphatic heterocycles. The molecule has 6 heteroatoms. The Hall–Kier alpha value is -1.07. The Labute approximate surface area is 132 Å². The van der Waals surface area contributed by atoms with Gasteiger partial charge in [0.05, 0.1) is 23.0 Å². The van der Waals surface area contributed by atoms with Crippen LogP contribution in [-0.4, -0.2) is 33.2 Å². The van der Waals surface area contributed by atoms with Crippen molar-refractivity contribution in [2.24, 2.45) is 0 Å². The van der Waals surface area contributed by atoms with Gasteiger partial charge in [-0.2, -0.15) is 0 Å². The van der Waals surface area contributed by atoms with Crippen molar-refractivity contribution in [1.82, 2.24) is 0 Å². The fraction of sp³-hybridized carbons (Fsp3) is 0.400. The largest absolute Gasteiger partial charge is 0.462 e. The van der Waals surface area contributed by atoms with Gasteiger partial charge in [-0.15, -0.1) is 0 Å². The molecule has 2 N–H and O–H groups in total. The molecule has 3 rings (SSSR count). The van der Waals surface area contributed by atoms with Crippen LogP contribution in [0.1, 0.15) is 5.56 Å². The minimum absolute atomic E-state index is 0.0283. The van der Waals surface area contributed by atoms with Crippen LogP contribution in [0.5, 0.6) is 0 Å². The molecule has 1 aliphatic rings. The van der Waals surface area contributed by atoms with Gasteiger partial charge in [-0.3, -0.25) is 4.79 Å². The Morgan fingerprint density at radius 3 is 2.62 bits per heavy atom. The Kier molecular flexibility index (Phi) is 4.22. The smallest absolute Gasteiger partial charge is 0.201 e. The molecule has 0 atom stereocenters. The number of rotatable bonds is 2. The first-order chi connectivity index (χ1) is 10.0. The molecule has 0 amide bonds. The lowest BCUT2D eigenvalue weighted by Gasteiger charge is -2.27. The van der Waals surface area contributed by atoms with Crippen molar-refractivity contribution < 1.29 is 14.2 Å². The van der Waals surface area contributed by atoms with E-state index in [1.807, 2.05) is 0 Å². The molecule has 112 valence electrons. The van der Waals surface area contributed by atoms with Gasteiger partial charge in [0, 0.05) is 5.02 Å². The minimum atomic E-state index is -0.0283. The average Bonchev–Trinajstić information content (AvgIpc) is 2.45. The lowest BCUT2D eigenvalue weighted by atomic mass is 10.1. The molecule has 1 fully saturated rings. The van der Waals surface area contributed by atoms with Crippen molar-refractivity contribution >= 4 is 34.2 Å². The molecular weight excluding hydrogens is 311 g/mol. The Bertz CT molecular complexity index is 721. The van der Waals surface area contributed by atoms with Gasteiger partial charge >= 0.3 is 0 Å². The van der Waals surface area contributed by atoms with Crippen LogP contribution in [0.15, 0.2) is 27.6 Å². The van der Waals surface area contributed by atoms with Gasteiger partial charge in [-0.05, 0) is 12.1 Å². The lowest BCUT2D eigenvalue weighted by Crippen LogP contribution is -3.26. The van der Waals surface area contributed by atoms with E-state index < -0.39 is 0 Å². The summed E-state index contributed by atoms with van der Waals surface area (Å²) < 4.78 is 5.56. The summed E-state index contributed by atoms with van der Waals surface area (Å²) in [6.07, 6.45) is 1.54. The number of fused-ring (bicyclic) bond motifs is 1. The molecule has 0 saturated carbocycles. The summed E-state index contributed by atoms with van der Waals surface area (Å²) in [6, 6.07) is 3.21. The van der Waals surface area contributed by atoms with E-state index in [9.17, 15) is 4.79 Å². The second kappa shape index (κ2) is 5.97. The molecular formula is C15H18Cl2N2O2+2. The predicted molar refractivity (Wildman–Crippen MR) is 83.5 cm³/mol. The van der Waals surface area contributed by atoms with Crippen molar-refractivity contribution in [1.29, 1.82) is 0 Å². The number of piperazine rings is 1. The average molecular weight is 329 g/mol. The summed E-state index contributed by atoms with van der Waals surface area (Å²) in [4.78, 5) is 15.5. The van der Waals surface area contributed by atoms with Gasteiger partial charge in [-0.1, -0.05) is 23.2 Å². The summed E-state index contributed by atoms with van der Waals surface area (Å²) >= 11 is 12.1. The van der Waals surface area contributed by atoms with Crippen LogP contribution >= 0.6 is 23.2 Å². The first-order valence-electron chi connectivity index (χ1n) is 7.09.